The first-order valence-corrected chi connectivity index (χ1v) is 10.7. The van der Waals surface area contributed by atoms with E-state index < -0.39 is 11.5 Å². The molecular formula is C25H24F2N2O2. The third kappa shape index (κ3) is 3.75. The van der Waals surface area contributed by atoms with Crippen LogP contribution in [0.5, 0.6) is 0 Å². The summed E-state index contributed by atoms with van der Waals surface area (Å²) in [6.07, 6.45) is 1.70. The molecule has 6 heteroatoms. The Morgan fingerprint density at radius 3 is 2.35 bits per heavy atom. The maximum absolute atomic E-state index is 13.9. The number of alkyl halides is 2. The van der Waals surface area contributed by atoms with Crippen LogP contribution in [0, 0.1) is 5.92 Å². The fourth-order valence-corrected chi connectivity index (χ4v) is 5.11. The number of amides is 1. The van der Waals surface area contributed by atoms with E-state index in [2.05, 4.69) is 10.5 Å². The van der Waals surface area contributed by atoms with Crippen LogP contribution in [0.2, 0.25) is 0 Å². The summed E-state index contributed by atoms with van der Waals surface area (Å²) in [4.78, 5) is 13.3. The lowest BCUT2D eigenvalue weighted by Gasteiger charge is -2.48. The summed E-state index contributed by atoms with van der Waals surface area (Å²) in [7, 11) is 0. The molecule has 0 saturated heterocycles. The molecule has 1 N–H and O–H groups in total. The van der Waals surface area contributed by atoms with Gasteiger partial charge in [0.1, 0.15) is 0 Å². The Morgan fingerprint density at radius 2 is 1.68 bits per heavy atom. The van der Waals surface area contributed by atoms with Gasteiger partial charge in [0.05, 0.1) is 11.2 Å². The third-order valence-electron chi connectivity index (χ3n) is 6.63. The van der Waals surface area contributed by atoms with E-state index in [1.807, 2.05) is 66.7 Å². The predicted octanol–water partition coefficient (Wildman–Crippen LogP) is 5.67. The van der Waals surface area contributed by atoms with E-state index in [1.54, 1.807) is 0 Å². The molecule has 2 aromatic carbocycles. The van der Waals surface area contributed by atoms with Crippen LogP contribution in [-0.2, 0) is 10.3 Å². The quantitative estimate of drug-likeness (QED) is 0.577. The summed E-state index contributed by atoms with van der Waals surface area (Å²) >= 11 is 0. The first kappa shape index (κ1) is 19.9. The first-order chi connectivity index (χ1) is 15.0. The number of hydrogen-bond acceptors (Lipinski definition) is 3. The normalized spacial score (nSPS) is 23.8. The number of rotatable bonds is 5. The van der Waals surface area contributed by atoms with Crippen molar-refractivity contribution in [2.45, 2.75) is 49.5 Å². The Morgan fingerprint density at radius 1 is 1.00 bits per heavy atom. The second kappa shape index (κ2) is 7.59. The molecule has 1 aromatic heterocycles. The maximum Gasteiger partial charge on any atom is 0.253 e. The van der Waals surface area contributed by atoms with Crippen LogP contribution in [0.25, 0.3) is 11.3 Å². The highest BCUT2D eigenvalue weighted by molar-refractivity contribution is 5.81. The largest absolute Gasteiger partial charge is 0.356 e. The molecule has 0 bridgehead atoms. The van der Waals surface area contributed by atoms with Crippen molar-refractivity contribution in [3.05, 3.63) is 78.0 Å². The average Bonchev–Trinajstić information content (AvgIpc) is 3.43. The molecular weight excluding hydrogens is 398 g/mol. The standard InChI is InChI=1S/C25H24F2N2O2/c26-25(27)15-24(16-25,18-10-5-2-6-11-18)28-23(30)20-13-7-12-19(20)21-14-22(31-29-21)17-8-3-1-4-9-17/h1-6,8-11,14,19-20H,7,12-13,15-16H2,(H,28,30)/t19-,20-/m1/s1. The van der Waals surface area contributed by atoms with Crippen LogP contribution >= 0.6 is 0 Å². The molecule has 2 saturated carbocycles. The number of nitrogens with zero attached hydrogens (tertiary/aromatic N) is 1. The summed E-state index contributed by atoms with van der Waals surface area (Å²) in [5, 5.41) is 7.25. The predicted molar refractivity (Wildman–Crippen MR) is 112 cm³/mol. The first-order valence-electron chi connectivity index (χ1n) is 10.7. The minimum absolute atomic E-state index is 0.0744. The highest BCUT2D eigenvalue weighted by Crippen LogP contribution is 2.52. The van der Waals surface area contributed by atoms with E-state index in [4.69, 9.17) is 4.52 Å². The lowest BCUT2D eigenvalue weighted by Crippen LogP contribution is -2.60. The lowest BCUT2D eigenvalue weighted by atomic mass is 9.68. The number of nitrogens with one attached hydrogen (secondary N) is 1. The van der Waals surface area contributed by atoms with Gasteiger partial charge in [-0.05, 0) is 18.4 Å². The minimum Gasteiger partial charge on any atom is -0.356 e. The number of halogens is 2. The Hall–Kier alpha value is -3.02. The summed E-state index contributed by atoms with van der Waals surface area (Å²) in [6, 6.07) is 20.7. The smallest absolute Gasteiger partial charge is 0.253 e. The Balaban J connectivity index is 1.36. The minimum atomic E-state index is -2.76. The van der Waals surface area contributed by atoms with E-state index in [9.17, 15) is 13.6 Å². The van der Waals surface area contributed by atoms with E-state index in [0.29, 0.717) is 12.2 Å². The van der Waals surface area contributed by atoms with Crippen LogP contribution < -0.4 is 5.32 Å². The van der Waals surface area contributed by atoms with Crippen LogP contribution in [0.4, 0.5) is 8.78 Å². The highest BCUT2D eigenvalue weighted by atomic mass is 19.3. The Kier molecular flexibility index (Phi) is 4.88. The second-order valence-electron chi connectivity index (χ2n) is 8.77. The molecule has 5 rings (SSSR count). The van der Waals surface area contributed by atoms with Gasteiger partial charge in [0.15, 0.2) is 5.76 Å². The van der Waals surface area contributed by atoms with Gasteiger partial charge in [-0.1, -0.05) is 72.2 Å². The molecule has 4 nitrogen and oxygen atoms in total. The van der Waals surface area contributed by atoms with Gasteiger partial charge < -0.3 is 9.84 Å². The topological polar surface area (TPSA) is 55.1 Å². The van der Waals surface area contributed by atoms with Crippen molar-refractivity contribution in [3.8, 4) is 11.3 Å². The average molecular weight is 422 g/mol. The molecule has 31 heavy (non-hydrogen) atoms. The van der Waals surface area contributed by atoms with Crippen molar-refractivity contribution in [2.24, 2.45) is 5.92 Å². The number of benzene rings is 2. The van der Waals surface area contributed by atoms with Gasteiger partial charge in [0.25, 0.3) is 5.92 Å². The zero-order chi connectivity index (χ0) is 21.5. The molecule has 0 unspecified atom stereocenters. The molecule has 1 amide bonds. The summed E-state index contributed by atoms with van der Waals surface area (Å²) in [5.74, 6) is -2.64. The van der Waals surface area contributed by atoms with Crippen LogP contribution in [0.1, 0.15) is 49.3 Å². The summed E-state index contributed by atoms with van der Waals surface area (Å²) in [6.45, 7) is 0. The van der Waals surface area contributed by atoms with Crippen molar-refractivity contribution in [3.63, 3.8) is 0 Å². The van der Waals surface area contributed by atoms with Crippen molar-refractivity contribution < 1.29 is 18.1 Å². The summed E-state index contributed by atoms with van der Waals surface area (Å²) in [5.41, 5.74) is 1.41. The van der Waals surface area contributed by atoms with Crippen LogP contribution in [0.3, 0.4) is 0 Å². The molecule has 2 aliphatic rings. The zero-order valence-corrected chi connectivity index (χ0v) is 17.1. The monoisotopic (exact) mass is 422 g/mol. The fourth-order valence-electron chi connectivity index (χ4n) is 5.11. The van der Waals surface area contributed by atoms with Crippen LogP contribution in [0.15, 0.2) is 71.3 Å². The van der Waals surface area contributed by atoms with Gasteiger partial charge in [0.2, 0.25) is 5.91 Å². The van der Waals surface area contributed by atoms with E-state index in [1.165, 1.54) is 0 Å². The number of carbonyl (C=O) groups is 1. The molecule has 2 fully saturated rings. The van der Waals surface area contributed by atoms with Crippen molar-refractivity contribution in [2.75, 3.05) is 0 Å². The molecule has 3 aromatic rings. The van der Waals surface area contributed by atoms with E-state index >= 15 is 0 Å². The van der Waals surface area contributed by atoms with E-state index in [-0.39, 0.29) is 30.6 Å². The Labute approximate surface area is 179 Å². The van der Waals surface area contributed by atoms with Gasteiger partial charge in [-0.15, -0.1) is 0 Å². The molecule has 0 spiro atoms. The molecule has 0 radical (unpaired) electrons. The Bertz CT molecular complexity index is 1060. The van der Waals surface area contributed by atoms with Crippen molar-refractivity contribution in [1.82, 2.24) is 10.5 Å². The summed E-state index contributed by atoms with van der Waals surface area (Å²) < 4.78 is 33.3. The van der Waals surface area contributed by atoms with Gasteiger partial charge in [-0.2, -0.15) is 0 Å². The SMILES string of the molecule is O=C(NC1(c2ccccc2)CC(F)(F)C1)[C@@H]1CCC[C@H]1c1cc(-c2ccccc2)on1. The number of aromatic nitrogens is 1. The highest BCUT2D eigenvalue weighted by Gasteiger charge is 2.58. The lowest BCUT2D eigenvalue weighted by molar-refractivity contribution is -0.152. The van der Waals surface area contributed by atoms with Gasteiger partial charge >= 0.3 is 0 Å². The molecule has 0 aliphatic heterocycles. The van der Waals surface area contributed by atoms with Crippen molar-refractivity contribution >= 4 is 5.91 Å². The molecule has 2 atom stereocenters. The van der Waals surface area contributed by atoms with E-state index in [0.717, 1.165) is 29.7 Å². The molecule has 1 heterocycles. The van der Waals surface area contributed by atoms with Crippen molar-refractivity contribution in [1.29, 1.82) is 0 Å². The van der Waals surface area contributed by atoms with Crippen LogP contribution in [-0.4, -0.2) is 17.0 Å². The fraction of sp³-hybridized carbons (Fsp3) is 0.360. The second-order valence-corrected chi connectivity index (χ2v) is 8.77. The number of hydrogen-bond donors (Lipinski definition) is 1. The zero-order valence-electron chi connectivity index (χ0n) is 17.1. The van der Waals surface area contributed by atoms with Gasteiger partial charge in [-0.3, -0.25) is 4.79 Å². The third-order valence-corrected chi connectivity index (χ3v) is 6.63. The number of carbonyl (C=O) groups excluding carboxylic acids is 1. The maximum atomic E-state index is 13.9. The van der Waals surface area contributed by atoms with Gasteiger partial charge in [0, 0.05) is 36.3 Å². The molecule has 160 valence electrons. The van der Waals surface area contributed by atoms with Gasteiger partial charge in [-0.25, -0.2) is 8.78 Å². The molecule has 2 aliphatic carbocycles.